The Morgan fingerprint density at radius 2 is 1.70 bits per heavy atom. The lowest BCUT2D eigenvalue weighted by molar-refractivity contribution is -0.149. The van der Waals surface area contributed by atoms with Crippen LogP contribution in [-0.4, -0.2) is 17.0 Å². The fourth-order valence-electron chi connectivity index (χ4n) is 2.61. The topological polar surface area (TPSA) is 43.4 Å². The van der Waals surface area contributed by atoms with Crippen LogP contribution >= 0.6 is 23.5 Å². The Bertz CT molecular complexity index is 485. The van der Waals surface area contributed by atoms with Crippen molar-refractivity contribution in [2.45, 2.75) is 40.2 Å². The van der Waals surface area contributed by atoms with Gasteiger partial charge in [-0.3, -0.25) is 4.79 Å². The van der Waals surface area contributed by atoms with Gasteiger partial charge < -0.3 is 9.53 Å². The first-order chi connectivity index (χ1) is 9.76. The van der Waals surface area contributed by atoms with Crippen molar-refractivity contribution in [2.75, 3.05) is 0 Å². The van der Waals surface area contributed by atoms with Crippen molar-refractivity contribution in [2.24, 2.45) is 11.8 Å². The smallest absolute Gasteiger partial charge is 0.310 e. The van der Waals surface area contributed by atoms with Gasteiger partial charge in [0, 0.05) is 15.7 Å². The first kappa shape index (κ1) is 14.0. The van der Waals surface area contributed by atoms with E-state index in [0.717, 1.165) is 32.0 Å². The van der Waals surface area contributed by atoms with Crippen molar-refractivity contribution >= 4 is 35.8 Å². The largest absolute Gasteiger partial charge is 0.440 e. The molecule has 0 saturated heterocycles. The number of hydrogen-bond donors (Lipinski definition) is 0. The summed E-state index contributed by atoms with van der Waals surface area (Å²) < 4.78 is 5.44. The van der Waals surface area contributed by atoms with E-state index in [0.29, 0.717) is 0 Å². The number of carbonyl (C=O) groups excluding carboxylic acids is 2. The first-order valence-electron chi connectivity index (χ1n) is 6.84. The number of carbonyl (C=O) groups is 2. The molecule has 1 fully saturated rings. The molecule has 0 atom stereocenters. The molecule has 0 N–H and O–H groups in total. The molecule has 0 radical (unpaired) electrons. The molecule has 5 heteroatoms. The van der Waals surface area contributed by atoms with Crippen LogP contribution < -0.4 is 0 Å². The van der Waals surface area contributed by atoms with Crippen LogP contribution in [0.1, 0.15) is 25.7 Å². The second kappa shape index (κ2) is 6.22. The molecule has 1 saturated carbocycles. The van der Waals surface area contributed by atoms with Gasteiger partial charge in [0.1, 0.15) is 6.29 Å². The minimum Gasteiger partial charge on any atom is -0.440 e. The molecule has 2 aliphatic rings. The second-order valence-electron chi connectivity index (χ2n) is 5.16. The fourth-order valence-corrected chi connectivity index (χ4v) is 5.09. The van der Waals surface area contributed by atoms with E-state index in [4.69, 9.17) is 4.74 Å². The van der Waals surface area contributed by atoms with Gasteiger partial charge in [-0.1, -0.05) is 35.7 Å². The summed E-state index contributed by atoms with van der Waals surface area (Å²) in [6.45, 7) is 0. The SMILES string of the molecule is O=CC1CCC(C(=O)OC2Sc3ccccc3S2)CC1. The van der Waals surface area contributed by atoms with Crippen LogP contribution in [0, 0.1) is 11.8 Å². The molecule has 0 bridgehead atoms. The Morgan fingerprint density at radius 3 is 2.25 bits per heavy atom. The van der Waals surface area contributed by atoms with Gasteiger partial charge in [0.05, 0.1) is 5.92 Å². The minimum absolute atomic E-state index is 0.0314. The number of ether oxygens (including phenoxy) is 1. The molecule has 1 heterocycles. The van der Waals surface area contributed by atoms with Crippen molar-refractivity contribution in [3.8, 4) is 0 Å². The van der Waals surface area contributed by atoms with Crippen molar-refractivity contribution in [1.82, 2.24) is 0 Å². The van der Waals surface area contributed by atoms with Crippen LogP contribution in [-0.2, 0) is 14.3 Å². The summed E-state index contributed by atoms with van der Waals surface area (Å²) in [5.74, 6) is 0.00167. The van der Waals surface area contributed by atoms with Gasteiger partial charge in [0.25, 0.3) is 0 Å². The molecule has 3 nitrogen and oxygen atoms in total. The zero-order chi connectivity index (χ0) is 13.9. The van der Waals surface area contributed by atoms with E-state index < -0.39 is 0 Å². The summed E-state index contributed by atoms with van der Waals surface area (Å²) in [6, 6.07) is 8.10. The predicted octanol–water partition coefficient (Wildman–Crippen LogP) is 3.72. The zero-order valence-corrected chi connectivity index (χ0v) is 12.6. The van der Waals surface area contributed by atoms with Gasteiger partial charge in [0.2, 0.25) is 4.77 Å². The summed E-state index contributed by atoms with van der Waals surface area (Å²) in [5, 5.41) is 0. The highest BCUT2D eigenvalue weighted by molar-refractivity contribution is 8.19. The Kier molecular flexibility index (Phi) is 4.36. The van der Waals surface area contributed by atoms with E-state index in [9.17, 15) is 9.59 Å². The molecule has 0 unspecified atom stereocenters. The normalized spacial score (nSPS) is 26.0. The average Bonchev–Trinajstić information content (AvgIpc) is 2.89. The third-order valence-corrected chi connectivity index (χ3v) is 6.31. The van der Waals surface area contributed by atoms with Crippen LogP contribution in [0.25, 0.3) is 0 Å². The van der Waals surface area contributed by atoms with E-state index in [1.807, 2.05) is 12.1 Å². The van der Waals surface area contributed by atoms with Crippen LogP contribution in [0.3, 0.4) is 0 Å². The highest BCUT2D eigenvalue weighted by Gasteiger charge is 2.31. The number of hydrogen-bond acceptors (Lipinski definition) is 5. The molecule has 0 amide bonds. The summed E-state index contributed by atoms with van der Waals surface area (Å²) in [7, 11) is 0. The van der Waals surface area contributed by atoms with Crippen LogP contribution in [0.2, 0.25) is 0 Å². The molecular weight excluding hydrogens is 292 g/mol. The lowest BCUT2D eigenvalue weighted by Gasteiger charge is -2.24. The van der Waals surface area contributed by atoms with Crippen molar-refractivity contribution in [3.63, 3.8) is 0 Å². The number of benzene rings is 1. The van der Waals surface area contributed by atoms with Gasteiger partial charge in [-0.15, -0.1) is 0 Å². The maximum absolute atomic E-state index is 12.2. The maximum atomic E-state index is 12.2. The summed E-state index contributed by atoms with van der Waals surface area (Å²) in [4.78, 5) is 25.2. The molecule has 20 heavy (non-hydrogen) atoms. The van der Waals surface area contributed by atoms with Gasteiger partial charge >= 0.3 is 5.97 Å². The summed E-state index contributed by atoms with van der Waals surface area (Å²) >= 11 is 3.19. The number of aldehydes is 1. The number of fused-ring (bicyclic) bond motifs is 1. The Hall–Kier alpha value is -0.940. The van der Waals surface area contributed by atoms with Crippen LogP contribution in [0.15, 0.2) is 34.1 Å². The highest BCUT2D eigenvalue weighted by Crippen LogP contribution is 2.48. The third kappa shape index (κ3) is 3.04. The molecule has 1 aliphatic carbocycles. The average molecular weight is 308 g/mol. The van der Waals surface area contributed by atoms with Gasteiger partial charge in [-0.05, 0) is 37.8 Å². The van der Waals surface area contributed by atoms with Gasteiger partial charge in [0.15, 0.2) is 0 Å². The number of thioether (sulfide) groups is 2. The van der Waals surface area contributed by atoms with Gasteiger partial charge in [-0.25, -0.2) is 0 Å². The second-order valence-corrected chi connectivity index (χ2v) is 7.66. The van der Waals surface area contributed by atoms with Crippen LogP contribution in [0.5, 0.6) is 0 Å². The maximum Gasteiger partial charge on any atom is 0.310 e. The highest BCUT2D eigenvalue weighted by atomic mass is 32.2. The quantitative estimate of drug-likeness (QED) is 0.629. The lowest BCUT2D eigenvalue weighted by Crippen LogP contribution is -2.25. The van der Waals surface area contributed by atoms with E-state index in [1.54, 1.807) is 23.5 Å². The first-order valence-corrected chi connectivity index (χ1v) is 8.60. The molecule has 1 aromatic rings. The van der Waals surface area contributed by atoms with Crippen LogP contribution in [0.4, 0.5) is 0 Å². The standard InChI is InChI=1S/C15H16O3S2/c16-9-10-5-7-11(8-6-10)14(17)18-15-19-12-3-1-2-4-13(12)20-15/h1-4,9-11,15H,5-8H2. The third-order valence-electron chi connectivity index (χ3n) is 3.81. The van der Waals surface area contributed by atoms with E-state index >= 15 is 0 Å². The predicted molar refractivity (Wildman–Crippen MR) is 79.5 cm³/mol. The lowest BCUT2D eigenvalue weighted by atomic mass is 9.83. The van der Waals surface area contributed by atoms with Crippen molar-refractivity contribution < 1.29 is 14.3 Å². The Morgan fingerprint density at radius 1 is 1.10 bits per heavy atom. The molecular formula is C15H16O3S2. The molecule has 0 spiro atoms. The molecule has 106 valence electrons. The van der Waals surface area contributed by atoms with E-state index in [2.05, 4.69) is 12.1 Å². The molecule has 0 aromatic heterocycles. The Labute approximate surface area is 126 Å². The summed E-state index contributed by atoms with van der Waals surface area (Å²) in [6.07, 6.45) is 4.19. The Balaban J connectivity index is 1.52. The van der Waals surface area contributed by atoms with Gasteiger partial charge in [-0.2, -0.15) is 0 Å². The molecule has 1 aliphatic heterocycles. The molecule has 1 aromatic carbocycles. The monoisotopic (exact) mass is 308 g/mol. The van der Waals surface area contributed by atoms with E-state index in [-0.39, 0.29) is 22.6 Å². The zero-order valence-electron chi connectivity index (χ0n) is 11.0. The minimum atomic E-state index is -0.163. The van der Waals surface area contributed by atoms with Crippen molar-refractivity contribution in [1.29, 1.82) is 0 Å². The molecule has 3 rings (SSSR count). The fraction of sp³-hybridized carbons (Fsp3) is 0.467. The number of rotatable bonds is 3. The number of esters is 1. The van der Waals surface area contributed by atoms with Crippen molar-refractivity contribution in [3.05, 3.63) is 24.3 Å². The van der Waals surface area contributed by atoms with E-state index in [1.165, 1.54) is 9.79 Å². The summed E-state index contributed by atoms with van der Waals surface area (Å²) in [5.41, 5.74) is 0.